The third kappa shape index (κ3) is 5.59. The van der Waals surface area contributed by atoms with Gasteiger partial charge < -0.3 is 4.74 Å². The minimum Gasteiger partial charge on any atom is -0.443 e. The number of halogens is 2. The summed E-state index contributed by atoms with van der Waals surface area (Å²) in [6.45, 7) is 4.66. The highest BCUT2D eigenvalue weighted by atomic mass is 79.9. The lowest BCUT2D eigenvalue weighted by molar-refractivity contribution is -0.465. The lowest BCUT2D eigenvalue weighted by atomic mass is 10.2. The van der Waals surface area contributed by atoms with Crippen molar-refractivity contribution in [1.82, 2.24) is 4.98 Å². The Labute approximate surface area is 199 Å². The summed E-state index contributed by atoms with van der Waals surface area (Å²) in [5, 5.41) is 12.8. The first kappa shape index (κ1) is 23.6. The Bertz CT molecular complexity index is 1160. The SMILES string of the molecule is CC(C)(C)OC(=O)N(Cc1cccs1)c1cc(Cl)nc2c(Br)c(C(=O)C[N+](=O)[O-])sc12. The zero-order valence-electron chi connectivity index (χ0n) is 16.7. The van der Waals surface area contributed by atoms with Crippen LogP contribution in [0.15, 0.2) is 28.1 Å². The predicted molar refractivity (Wildman–Crippen MR) is 125 cm³/mol. The number of carbonyl (C=O) groups is 2. The van der Waals surface area contributed by atoms with E-state index in [1.165, 1.54) is 22.3 Å². The van der Waals surface area contributed by atoms with Crippen LogP contribution in [0.3, 0.4) is 0 Å². The number of carbonyl (C=O) groups excluding carboxylic acids is 2. The number of hydrogen-bond donors (Lipinski definition) is 0. The smallest absolute Gasteiger partial charge is 0.415 e. The van der Waals surface area contributed by atoms with Crippen LogP contribution in [0.2, 0.25) is 5.15 Å². The maximum atomic E-state index is 13.1. The minimum atomic E-state index is -0.848. The zero-order valence-corrected chi connectivity index (χ0v) is 20.7. The van der Waals surface area contributed by atoms with E-state index in [0.717, 1.165) is 16.2 Å². The van der Waals surface area contributed by atoms with Crippen LogP contribution in [0.5, 0.6) is 0 Å². The first-order valence-corrected chi connectivity index (χ1v) is 11.8. The third-order valence-electron chi connectivity index (χ3n) is 3.86. The number of nitro groups is 1. The Hall–Kier alpha value is -2.08. The molecule has 0 radical (unpaired) electrons. The molecule has 0 unspecified atom stereocenters. The average Bonchev–Trinajstić information content (AvgIpc) is 3.25. The first-order valence-electron chi connectivity index (χ1n) is 8.92. The van der Waals surface area contributed by atoms with Crippen LogP contribution in [0.25, 0.3) is 10.2 Å². The molecule has 0 aromatic carbocycles. The van der Waals surface area contributed by atoms with Gasteiger partial charge in [0.05, 0.1) is 31.8 Å². The molecular formula is C19H17BrClN3O5S2. The Morgan fingerprint density at radius 1 is 1.39 bits per heavy atom. The molecule has 3 aromatic heterocycles. The summed E-state index contributed by atoms with van der Waals surface area (Å²) in [5.74, 6) is -0.663. The van der Waals surface area contributed by atoms with Crippen molar-refractivity contribution in [2.45, 2.75) is 32.9 Å². The molecule has 12 heteroatoms. The van der Waals surface area contributed by atoms with Crippen LogP contribution in [0.1, 0.15) is 35.3 Å². The van der Waals surface area contributed by atoms with Crippen LogP contribution in [0, 0.1) is 10.1 Å². The Morgan fingerprint density at radius 3 is 2.68 bits per heavy atom. The molecule has 0 spiro atoms. The quantitative estimate of drug-likeness (QED) is 0.158. The predicted octanol–water partition coefficient (Wildman–Crippen LogP) is 6.17. The maximum absolute atomic E-state index is 13.1. The molecule has 0 atom stereocenters. The number of fused-ring (bicyclic) bond motifs is 1. The number of amides is 1. The van der Waals surface area contributed by atoms with Crippen LogP contribution < -0.4 is 4.90 Å². The molecule has 0 bridgehead atoms. The van der Waals surface area contributed by atoms with E-state index in [4.69, 9.17) is 16.3 Å². The van der Waals surface area contributed by atoms with Crippen LogP contribution in [-0.2, 0) is 11.3 Å². The molecule has 3 rings (SSSR count). The molecule has 3 aromatic rings. The topological polar surface area (TPSA) is 103 Å². The van der Waals surface area contributed by atoms with Crippen molar-refractivity contribution in [3.05, 3.63) is 53.1 Å². The van der Waals surface area contributed by atoms with E-state index in [-0.39, 0.29) is 16.6 Å². The Morgan fingerprint density at radius 2 is 2.10 bits per heavy atom. The van der Waals surface area contributed by atoms with E-state index in [9.17, 15) is 19.7 Å². The fourth-order valence-electron chi connectivity index (χ4n) is 2.69. The number of anilines is 1. The van der Waals surface area contributed by atoms with Gasteiger partial charge >= 0.3 is 6.09 Å². The zero-order chi connectivity index (χ0) is 22.9. The Balaban J connectivity index is 2.16. The summed E-state index contributed by atoms with van der Waals surface area (Å²) >= 11 is 12.1. The Kier molecular flexibility index (Phi) is 6.99. The van der Waals surface area contributed by atoms with E-state index < -0.39 is 28.9 Å². The highest BCUT2D eigenvalue weighted by Gasteiger charge is 2.29. The van der Waals surface area contributed by atoms with E-state index in [0.29, 0.717) is 20.4 Å². The van der Waals surface area contributed by atoms with Crippen molar-refractivity contribution in [3.63, 3.8) is 0 Å². The van der Waals surface area contributed by atoms with Crippen LogP contribution in [0.4, 0.5) is 10.5 Å². The summed E-state index contributed by atoms with van der Waals surface area (Å²) < 4.78 is 6.39. The van der Waals surface area contributed by atoms with Crippen molar-refractivity contribution < 1.29 is 19.2 Å². The molecule has 31 heavy (non-hydrogen) atoms. The molecular weight excluding hydrogens is 530 g/mol. The lowest BCUT2D eigenvalue weighted by Crippen LogP contribution is -2.36. The van der Waals surface area contributed by atoms with Crippen molar-refractivity contribution in [2.24, 2.45) is 0 Å². The number of Topliss-reactive ketones (excluding diaryl/α,β-unsaturated/α-hetero) is 1. The van der Waals surface area contributed by atoms with Crippen LogP contribution >= 0.6 is 50.2 Å². The number of ether oxygens (including phenoxy) is 1. The summed E-state index contributed by atoms with van der Waals surface area (Å²) in [4.78, 5) is 42.3. The van der Waals surface area contributed by atoms with Crippen molar-refractivity contribution in [1.29, 1.82) is 0 Å². The van der Waals surface area contributed by atoms with E-state index in [1.807, 2.05) is 17.5 Å². The van der Waals surface area contributed by atoms with Crippen molar-refractivity contribution >= 4 is 78.0 Å². The van der Waals surface area contributed by atoms with E-state index in [2.05, 4.69) is 20.9 Å². The molecule has 164 valence electrons. The van der Waals surface area contributed by atoms with Crippen molar-refractivity contribution in [2.75, 3.05) is 11.4 Å². The number of ketones is 1. The fraction of sp³-hybridized carbons (Fsp3) is 0.316. The third-order valence-corrected chi connectivity index (χ3v) is 7.19. The molecule has 8 nitrogen and oxygen atoms in total. The monoisotopic (exact) mass is 545 g/mol. The second-order valence-electron chi connectivity index (χ2n) is 7.45. The standard InChI is InChI=1S/C19H17BrClN3O5S2/c1-19(2,3)29-18(26)23(8-10-5-4-6-30-10)11-7-13(21)22-15-14(20)17(31-16(11)15)12(25)9-24(27)28/h4-7H,8-9H2,1-3H3. The van der Waals surface area contributed by atoms with Gasteiger partial charge in [-0.25, -0.2) is 9.78 Å². The number of pyridine rings is 1. The normalized spacial score (nSPS) is 11.5. The molecule has 3 heterocycles. The first-order chi connectivity index (χ1) is 14.5. The van der Waals surface area contributed by atoms with Gasteiger partial charge in [0.25, 0.3) is 6.54 Å². The number of aromatic nitrogens is 1. The molecule has 1 amide bonds. The molecule has 0 saturated carbocycles. The van der Waals surface area contributed by atoms with Gasteiger partial charge in [0, 0.05) is 15.9 Å². The van der Waals surface area contributed by atoms with Gasteiger partial charge in [-0.2, -0.15) is 0 Å². The maximum Gasteiger partial charge on any atom is 0.415 e. The second kappa shape index (κ2) is 9.19. The molecule has 0 aliphatic carbocycles. The number of rotatable bonds is 6. The largest absolute Gasteiger partial charge is 0.443 e. The summed E-state index contributed by atoms with van der Waals surface area (Å²) in [5.41, 5.74) is 0.0197. The molecule has 0 aliphatic heterocycles. The van der Waals surface area contributed by atoms with Gasteiger partial charge in [0.15, 0.2) is 0 Å². The van der Waals surface area contributed by atoms with Crippen LogP contribution in [-0.4, -0.2) is 33.9 Å². The molecule has 0 fully saturated rings. The van der Waals surface area contributed by atoms with Gasteiger partial charge in [-0.1, -0.05) is 17.7 Å². The summed E-state index contributed by atoms with van der Waals surface area (Å²) in [7, 11) is 0. The number of nitrogens with zero attached hydrogens (tertiary/aromatic N) is 3. The molecule has 0 aliphatic rings. The van der Waals surface area contributed by atoms with Gasteiger partial charge in [0.1, 0.15) is 10.8 Å². The molecule has 0 N–H and O–H groups in total. The van der Waals surface area contributed by atoms with Gasteiger partial charge in [-0.05, 0) is 48.1 Å². The highest BCUT2D eigenvalue weighted by Crippen LogP contribution is 2.42. The highest BCUT2D eigenvalue weighted by molar-refractivity contribution is 9.10. The summed E-state index contributed by atoms with van der Waals surface area (Å²) in [6.07, 6.45) is -0.591. The van der Waals surface area contributed by atoms with Crippen molar-refractivity contribution in [3.8, 4) is 0 Å². The van der Waals surface area contributed by atoms with E-state index in [1.54, 1.807) is 20.8 Å². The number of hydrogen-bond acceptors (Lipinski definition) is 8. The van der Waals surface area contributed by atoms with Gasteiger partial charge in [0.2, 0.25) is 5.78 Å². The lowest BCUT2D eigenvalue weighted by Gasteiger charge is -2.27. The number of thiophene rings is 2. The average molecular weight is 547 g/mol. The van der Waals surface area contributed by atoms with Gasteiger partial charge in [-0.15, -0.1) is 22.7 Å². The fourth-order valence-corrected chi connectivity index (χ4v) is 5.54. The van der Waals surface area contributed by atoms with Gasteiger partial charge in [-0.3, -0.25) is 19.8 Å². The molecule has 0 saturated heterocycles. The second-order valence-corrected chi connectivity index (χ2v) is 10.7. The van der Waals surface area contributed by atoms with E-state index >= 15 is 0 Å². The minimum absolute atomic E-state index is 0.106. The summed E-state index contributed by atoms with van der Waals surface area (Å²) in [6, 6.07) is 5.28.